The highest BCUT2D eigenvalue weighted by molar-refractivity contribution is 7.85. The van der Waals surface area contributed by atoms with Gasteiger partial charge in [-0.3, -0.25) is 9.35 Å². The Balaban J connectivity index is 4.68. The predicted octanol–water partition coefficient (Wildman–Crippen LogP) is -2.26. The van der Waals surface area contributed by atoms with Gasteiger partial charge in [0.25, 0.3) is 10.1 Å². The SMILES string of the molecule is NC(=O)CC[C@H](NC(=O)N[C@@H](CCS(=O)(=O)O)C(=O)O)C(=O)O. The molecule has 132 valence electrons. The molecule has 0 saturated heterocycles. The molecule has 13 heteroatoms. The Labute approximate surface area is 130 Å². The highest BCUT2D eigenvalue weighted by Gasteiger charge is 2.25. The highest BCUT2D eigenvalue weighted by Crippen LogP contribution is 2.00. The lowest BCUT2D eigenvalue weighted by Crippen LogP contribution is -2.51. The molecular formula is C10H17N3O9S. The Morgan fingerprint density at radius 2 is 1.39 bits per heavy atom. The lowest BCUT2D eigenvalue weighted by atomic mass is 10.1. The van der Waals surface area contributed by atoms with Crippen molar-refractivity contribution in [2.24, 2.45) is 5.73 Å². The van der Waals surface area contributed by atoms with Gasteiger partial charge in [-0.05, 0) is 12.8 Å². The van der Waals surface area contributed by atoms with E-state index >= 15 is 0 Å². The average molecular weight is 355 g/mol. The topological polar surface area (TPSA) is 213 Å². The zero-order chi connectivity index (χ0) is 18.2. The normalized spacial score (nSPS) is 13.6. The second-order valence-corrected chi connectivity index (χ2v) is 6.05. The molecule has 0 radical (unpaired) electrons. The van der Waals surface area contributed by atoms with Crippen molar-refractivity contribution in [1.29, 1.82) is 0 Å². The molecule has 0 rings (SSSR count). The van der Waals surface area contributed by atoms with Crippen LogP contribution in [0.5, 0.6) is 0 Å². The van der Waals surface area contributed by atoms with Gasteiger partial charge >= 0.3 is 18.0 Å². The second-order valence-electron chi connectivity index (χ2n) is 4.48. The van der Waals surface area contributed by atoms with Gasteiger partial charge in [-0.2, -0.15) is 8.42 Å². The fourth-order valence-corrected chi connectivity index (χ4v) is 1.96. The molecule has 12 nitrogen and oxygen atoms in total. The number of carbonyl (C=O) groups is 4. The Hall–Kier alpha value is -2.41. The number of urea groups is 1. The van der Waals surface area contributed by atoms with Crippen LogP contribution < -0.4 is 16.4 Å². The highest BCUT2D eigenvalue weighted by atomic mass is 32.2. The van der Waals surface area contributed by atoms with Gasteiger partial charge in [0, 0.05) is 6.42 Å². The number of carboxylic acid groups (broad SMARTS) is 2. The first-order chi connectivity index (χ1) is 10.4. The van der Waals surface area contributed by atoms with Gasteiger partial charge in [-0.25, -0.2) is 14.4 Å². The summed E-state index contributed by atoms with van der Waals surface area (Å²) >= 11 is 0. The summed E-state index contributed by atoms with van der Waals surface area (Å²) in [7, 11) is -4.42. The summed E-state index contributed by atoms with van der Waals surface area (Å²) in [5.41, 5.74) is 4.85. The monoisotopic (exact) mass is 355 g/mol. The summed E-state index contributed by atoms with van der Waals surface area (Å²) in [5, 5.41) is 21.5. The largest absolute Gasteiger partial charge is 0.480 e. The van der Waals surface area contributed by atoms with Crippen molar-refractivity contribution in [1.82, 2.24) is 10.6 Å². The van der Waals surface area contributed by atoms with Crippen molar-refractivity contribution in [2.45, 2.75) is 31.3 Å². The predicted molar refractivity (Wildman–Crippen MR) is 74.0 cm³/mol. The van der Waals surface area contributed by atoms with E-state index in [0.717, 1.165) is 0 Å². The van der Waals surface area contributed by atoms with E-state index in [4.69, 9.17) is 20.5 Å². The molecule has 2 atom stereocenters. The molecule has 0 fully saturated rings. The smallest absolute Gasteiger partial charge is 0.326 e. The molecule has 0 aliphatic rings. The minimum atomic E-state index is -4.42. The van der Waals surface area contributed by atoms with Crippen molar-refractivity contribution < 1.29 is 42.4 Å². The third-order valence-corrected chi connectivity index (χ3v) is 3.30. The number of nitrogens with two attached hydrogens (primary N) is 1. The van der Waals surface area contributed by atoms with Crippen molar-refractivity contribution >= 4 is 34.0 Å². The zero-order valence-electron chi connectivity index (χ0n) is 11.8. The number of amides is 3. The Bertz CT molecular complexity index is 574. The van der Waals surface area contributed by atoms with Crippen LogP contribution in [-0.4, -0.2) is 64.9 Å². The van der Waals surface area contributed by atoms with E-state index in [2.05, 4.69) is 0 Å². The fraction of sp³-hybridized carbons (Fsp3) is 0.600. The molecule has 7 N–H and O–H groups in total. The van der Waals surface area contributed by atoms with Crippen LogP contribution in [0.2, 0.25) is 0 Å². The molecule has 0 aliphatic carbocycles. The van der Waals surface area contributed by atoms with Crippen LogP contribution >= 0.6 is 0 Å². The number of carboxylic acids is 2. The molecule has 0 aromatic carbocycles. The Morgan fingerprint density at radius 1 is 0.957 bits per heavy atom. The number of hydrogen-bond donors (Lipinski definition) is 6. The summed E-state index contributed by atoms with van der Waals surface area (Å²) in [5.74, 6) is -4.73. The first-order valence-electron chi connectivity index (χ1n) is 6.18. The fourth-order valence-electron chi connectivity index (χ4n) is 1.43. The van der Waals surface area contributed by atoms with Gasteiger partial charge in [0.2, 0.25) is 5.91 Å². The van der Waals surface area contributed by atoms with Gasteiger partial charge in [0.1, 0.15) is 12.1 Å². The second kappa shape index (κ2) is 8.89. The zero-order valence-corrected chi connectivity index (χ0v) is 12.6. The maximum Gasteiger partial charge on any atom is 0.326 e. The molecular weight excluding hydrogens is 338 g/mol. The maximum atomic E-state index is 11.6. The first kappa shape index (κ1) is 20.6. The number of rotatable bonds is 10. The third kappa shape index (κ3) is 10.0. The molecule has 3 amide bonds. The van der Waals surface area contributed by atoms with Gasteiger partial charge in [-0.1, -0.05) is 0 Å². The quantitative estimate of drug-likeness (QED) is 0.233. The summed E-state index contributed by atoms with van der Waals surface area (Å²) < 4.78 is 29.7. The van der Waals surface area contributed by atoms with Crippen LogP contribution in [0.25, 0.3) is 0 Å². The van der Waals surface area contributed by atoms with Crippen LogP contribution in [0.4, 0.5) is 4.79 Å². The minimum Gasteiger partial charge on any atom is -0.480 e. The average Bonchev–Trinajstić information content (AvgIpc) is 2.37. The van der Waals surface area contributed by atoms with E-state index in [0.29, 0.717) is 0 Å². The molecule has 0 aromatic rings. The third-order valence-electron chi connectivity index (χ3n) is 2.55. The van der Waals surface area contributed by atoms with Crippen LogP contribution in [0.15, 0.2) is 0 Å². The lowest BCUT2D eigenvalue weighted by molar-refractivity contribution is -0.139. The van der Waals surface area contributed by atoms with Crippen LogP contribution in [0.3, 0.4) is 0 Å². The van der Waals surface area contributed by atoms with Crippen LogP contribution in [-0.2, 0) is 24.5 Å². The maximum absolute atomic E-state index is 11.6. The van der Waals surface area contributed by atoms with E-state index < -0.39 is 58.3 Å². The van der Waals surface area contributed by atoms with E-state index in [9.17, 15) is 27.6 Å². The van der Waals surface area contributed by atoms with Crippen molar-refractivity contribution in [3.05, 3.63) is 0 Å². The van der Waals surface area contributed by atoms with Gasteiger partial charge in [0.05, 0.1) is 5.75 Å². The van der Waals surface area contributed by atoms with E-state index in [1.807, 2.05) is 10.6 Å². The summed E-state index contributed by atoms with van der Waals surface area (Å²) in [6.07, 6.45) is -1.25. The van der Waals surface area contributed by atoms with Gasteiger partial charge < -0.3 is 26.6 Å². The number of nitrogens with one attached hydrogen (secondary N) is 2. The van der Waals surface area contributed by atoms with E-state index in [-0.39, 0.29) is 12.8 Å². The van der Waals surface area contributed by atoms with Gasteiger partial charge in [-0.15, -0.1) is 0 Å². The summed E-state index contributed by atoms with van der Waals surface area (Å²) in [6, 6.07) is -4.34. The number of aliphatic carboxylic acids is 2. The van der Waals surface area contributed by atoms with Crippen LogP contribution in [0.1, 0.15) is 19.3 Å². The minimum absolute atomic E-state index is 0.305. The molecule has 0 aromatic heterocycles. The summed E-state index contributed by atoms with van der Waals surface area (Å²) in [6.45, 7) is 0. The Kier molecular flexibility index (Phi) is 7.96. The molecule has 0 unspecified atom stereocenters. The van der Waals surface area contributed by atoms with Crippen molar-refractivity contribution in [3.63, 3.8) is 0 Å². The first-order valence-corrected chi connectivity index (χ1v) is 7.79. The Morgan fingerprint density at radius 3 is 1.74 bits per heavy atom. The molecule has 0 saturated carbocycles. The lowest BCUT2D eigenvalue weighted by Gasteiger charge is -2.18. The number of primary amides is 1. The van der Waals surface area contributed by atoms with Crippen molar-refractivity contribution in [3.8, 4) is 0 Å². The van der Waals surface area contributed by atoms with Crippen molar-refractivity contribution in [2.75, 3.05) is 5.75 Å². The number of hydrogen-bond acceptors (Lipinski definition) is 6. The van der Waals surface area contributed by atoms with Crippen LogP contribution in [0, 0.1) is 0 Å². The molecule has 0 spiro atoms. The summed E-state index contributed by atoms with van der Waals surface area (Å²) in [4.78, 5) is 44.0. The standard InChI is InChI=1S/C10H17N3O9S/c11-7(14)2-1-5(8(15)16)12-10(19)13-6(9(17)18)3-4-23(20,21)22/h5-6H,1-4H2,(H2,11,14)(H,15,16)(H,17,18)(H2,12,13,19)(H,20,21,22)/t5-,6-/m0/s1. The molecule has 0 aliphatic heterocycles. The molecule has 23 heavy (non-hydrogen) atoms. The van der Waals surface area contributed by atoms with Gasteiger partial charge in [0.15, 0.2) is 0 Å². The van der Waals surface area contributed by atoms with E-state index in [1.54, 1.807) is 0 Å². The molecule has 0 heterocycles. The number of carbonyl (C=O) groups excluding carboxylic acids is 2. The molecule has 0 bridgehead atoms. The van der Waals surface area contributed by atoms with E-state index in [1.165, 1.54) is 0 Å².